The lowest BCUT2D eigenvalue weighted by Gasteiger charge is -2.14. The Morgan fingerprint density at radius 1 is 1.29 bits per heavy atom. The summed E-state index contributed by atoms with van der Waals surface area (Å²) < 4.78 is 0. The highest BCUT2D eigenvalue weighted by Crippen LogP contribution is 2.06. The highest BCUT2D eigenvalue weighted by atomic mass is 15.3. The van der Waals surface area contributed by atoms with Gasteiger partial charge < -0.3 is 4.90 Å². The molecule has 0 radical (unpaired) electrons. The van der Waals surface area contributed by atoms with Crippen LogP contribution in [0.2, 0.25) is 0 Å². The van der Waals surface area contributed by atoms with E-state index in [-0.39, 0.29) is 0 Å². The number of nitrogens with zero attached hydrogens (tertiary/aromatic N) is 1. The van der Waals surface area contributed by atoms with Crippen molar-refractivity contribution >= 4 is 0 Å². The molecule has 1 aliphatic rings. The quantitative estimate of drug-likeness (QED) is 0.721. The maximum absolute atomic E-state index is 2.33. The van der Waals surface area contributed by atoms with Crippen LogP contribution in [0, 0.1) is 6.92 Å². The van der Waals surface area contributed by atoms with E-state index in [1.165, 1.54) is 16.0 Å². The number of quaternary nitrogens is 1. The minimum atomic E-state index is 1.02. The number of hydrogen-bond acceptors (Lipinski definition) is 1. The Morgan fingerprint density at radius 3 is 2.57 bits per heavy atom. The Labute approximate surface area is 85.4 Å². The van der Waals surface area contributed by atoms with Gasteiger partial charge in [-0.1, -0.05) is 29.8 Å². The molecule has 0 bridgehead atoms. The highest BCUT2D eigenvalue weighted by molar-refractivity contribution is 5.21. The van der Waals surface area contributed by atoms with Crippen LogP contribution in [0.15, 0.2) is 36.7 Å². The first kappa shape index (κ1) is 9.28. The van der Waals surface area contributed by atoms with Gasteiger partial charge in [-0.05, 0) is 12.5 Å². The summed E-state index contributed by atoms with van der Waals surface area (Å²) in [6.45, 7) is 4.22. The molecule has 0 saturated carbocycles. The monoisotopic (exact) mass is 189 g/mol. The van der Waals surface area contributed by atoms with Crippen molar-refractivity contribution in [2.24, 2.45) is 0 Å². The summed E-state index contributed by atoms with van der Waals surface area (Å²) in [5.41, 5.74) is 2.71. The predicted octanol–water partition coefficient (Wildman–Crippen LogP) is 0.754. The van der Waals surface area contributed by atoms with Crippen molar-refractivity contribution in [3.05, 3.63) is 47.8 Å². The first-order chi connectivity index (χ1) is 6.74. The zero-order valence-corrected chi connectivity index (χ0v) is 8.83. The Balaban J connectivity index is 1.98. The second-order valence-corrected chi connectivity index (χ2v) is 4.05. The number of rotatable bonds is 2. The summed E-state index contributed by atoms with van der Waals surface area (Å²) >= 11 is 0. The lowest BCUT2D eigenvalue weighted by Crippen LogP contribution is -3.03. The predicted molar refractivity (Wildman–Crippen MR) is 57.6 cm³/mol. The Morgan fingerprint density at radius 2 is 2.00 bits per heavy atom. The van der Waals surface area contributed by atoms with Crippen molar-refractivity contribution in [2.45, 2.75) is 13.5 Å². The zero-order valence-electron chi connectivity index (χ0n) is 8.83. The summed E-state index contributed by atoms with van der Waals surface area (Å²) in [7, 11) is 2.17. The highest BCUT2D eigenvalue weighted by Gasteiger charge is 2.12. The van der Waals surface area contributed by atoms with E-state index in [2.05, 4.69) is 55.5 Å². The van der Waals surface area contributed by atoms with Crippen LogP contribution >= 0.6 is 0 Å². The third-order valence-corrected chi connectivity index (χ3v) is 2.53. The Kier molecular flexibility index (Phi) is 2.55. The van der Waals surface area contributed by atoms with Crippen LogP contribution in [0.25, 0.3) is 0 Å². The molecule has 1 aromatic carbocycles. The van der Waals surface area contributed by atoms with Crippen LogP contribution < -0.4 is 4.90 Å². The third-order valence-electron chi connectivity index (χ3n) is 2.53. The summed E-state index contributed by atoms with van der Waals surface area (Å²) in [6.07, 6.45) is 4.36. The fourth-order valence-corrected chi connectivity index (χ4v) is 1.70. The molecule has 14 heavy (non-hydrogen) atoms. The van der Waals surface area contributed by atoms with Crippen LogP contribution in [0.3, 0.4) is 0 Å². The lowest BCUT2D eigenvalue weighted by molar-refractivity contribution is -0.827. The molecule has 1 atom stereocenters. The molecular formula is C12H17N2+. The summed E-state index contributed by atoms with van der Waals surface area (Å²) in [5, 5.41) is 0. The van der Waals surface area contributed by atoms with Gasteiger partial charge in [-0.3, -0.25) is 4.90 Å². The Bertz CT molecular complexity index is 327. The first-order valence-electron chi connectivity index (χ1n) is 5.04. The maximum atomic E-state index is 2.33. The molecule has 0 saturated heterocycles. The SMILES string of the molecule is Cc1ccc(CN2C=C[NH+](C)C2)cc1. The van der Waals surface area contributed by atoms with Gasteiger partial charge in [-0.25, -0.2) is 0 Å². The van der Waals surface area contributed by atoms with E-state index >= 15 is 0 Å². The number of aryl methyl sites for hydroxylation is 1. The van der Waals surface area contributed by atoms with Crippen LogP contribution in [-0.4, -0.2) is 18.6 Å². The van der Waals surface area contributed by atoms with Crippen molar-refractivity contribution in [3.8, 4) is 0 Å². The standard InChI is InChI=1S/C12H16N2/c1-11-3-5-12(6-4-11)9-14-8-7-13(2)10-14/h3-8H,9-10H2,1-2H3/p+1. The smallest absolute Gasteiger partial charge is 0.157 e. The molecule has 1 unspecified atom stereocenters. The third kappa shape index (κ3) is 2.15. The molecule has 0 spiro atoms. The van der Waals surface area contributed by atoms with Crippen molar-refractivity contribution in [1.29, 1.82) is 0 Å². The van der Waals surface area contributed by atoms with Gasteiger partial charge in [0.15, 0.2) is 6.67 Å². The van der Waals surface area contributed by atoms with Crippen LogP contribution in [-0.2, 0) is 6.54 Å². The maximum Gasteiger partial charge on any atom is 0.157 e. The molecule has 0 amide bonds. The van der Waals surface area contributed by atoms with Gasteiger partial charge in [0.2, 0.25) is 0 Å². The van der Waals surface area contributed by atoms with Crippen molar-refractivity contribution in [2.75, 3.05) is 13.7 Å². The van der Waals surface area contributed by atoms with Gasteiger partial charge in [0.05, 0.1) is 13.2 Å². The van der Waals surface area contributed by atoms with Gasteiger partial charge >= 0.3 is 0 Å². The Hall–Kier alpha value is -1.28. The summed E-state index contributed by atoms with van der Waals surface area (Å²) in [4.78, 5) is 3.78. The summed E-state index contributed by atoms with van der Waals surface area (Å²) in [5.74, 6) is 0. The van der Waals surface area contributed by atoms with Gasteiger partial charge in [0.1, 0.15) is 6.20 Å². The second kappa shape index (κ2) is 3.84. The van der Waals surface area contributed by atoms with Gasteiger partial charge in [0, 0.05) is 6.54 Å². The zero-order chi connectivity index (χ0) is 9.97. The molecule has 1 N–H and O–H groups in total. The second-order valence-electron chi connectivity index (χ2n) is 4.05. The number of benzene rings is 1. The fourth-order valence-electron chi connectivity index (χ4n) is 1.70. The van der Waals surface area contributed by atoms with Gasteiger partial charge in [-0.2, -0.15) is 0 Å². The molecular weight excluding hydrogens is 172 g/mol. The topological polar surface area (TPSA) is 7.68 Å². The van der Waals surface area contributed by atoms with Crippen LogP contribution in [0.4, 0.5) is 0 Å². The minimum absolute atomic E-state index is 1.02. The van der Waals surface area contributed by atoms with Crippen LogP contribution in [0.5, 0.6) is 0 Å². The molecule has 2 heteroatoms. The fraction of sp³-hybridized carbons (Fsp3) is 0.333. The number of hydrogen-bond donors (Lipinski definition) is 1. The van der Waals surface area contributed by atoms with Crippen molar-refractivity contribution < 1.29 is 4.90 Å². The summed E-state index contributed by atoms with van der Waals surface area (Å²) in [6, 6.07) is 8.75. The molecule has 1 heterocycles. The molecule has 74 valence electrons. The largest absolute Gasteiger partial charge is 0.322 e. The average molecular weight is 189 g/mol. The van der Waals surface area contributed by atoms with E-state index in [4.69, 9.17) is 0 Å². The first-order valence-corrected chi connectivity index (χ1v) is 5.04. The molecule has 1 aromatic rings. The molecule has 0 aromatic heterocycles. The van der Waals surface area contributed by atoms with E-state index in [1.54, 1.807) is 0 Å². The van der Waals surface area contributed by atoms with Gasteiger partial charge in [0.25, 0.3) is 0 Å². The van der Waals surface area contributed by atoms with E-state index in [0.29, 0.717) is 0 Å². The van der Waals surface area contributed by atoms with Crippen molar-refractivity contribution in [3.63, 3.8) is 0 Å². The van der Waals surface area contributed by atoms with E-state index in [1.807, 2.05) is 0 Å². The van der Waals surface area contributed by atoms with Crippen molar-refractivity contribution in [1.82, 2.24) is 4.90 Å². The molecule has 1 aliphatic heterocycles. The number of nitrogens with one attached hydrogen (secondary N) is 1. The molecule has 0 fully saturated rings. The van der Waals surface area contributed by atoms with E-state index in [0.717, 1.165) is 13.2 Å². The normalized spacial score (nSPS) is 20.4. The average Bonchev–Trinajstić information content (AvgIpc) is 2.56. The van der Waals surface area contributed by atoms with E-state index in [9.17, 15) is 0 Å². The van der Waals surface area contributed by atoms with Gasteiger partial charge in [-0.15, -0.1) is 0 Å². The molecule has 0 aliphatic carbocycles. The lowest BCUT2D eigenvalue weighted by atomic mass is 10.1. The van der Waals surface area contributed by atoms with E-state index < -0.39 is 0 Å². The minimum Gasteiger partial charge on any atom is -0.322 e. The molecule has 2 nitrogen and oxygen atoms in total. The molecule has 2 rings (SSSR count). The van der Waals surface area contributed by atoms with Crippen LogP contribution in [0.1, 0.15) is 11.1 Å².